The van der Waals surface area contributed by atoms with E-state index in [1.807, 2.05) is 75.6 Å². The van der Waals surface area contributed by atoms with Gasteiger partial charge in [-0.2, -0.15) is 0 Å². The molecule has 10 nitrogen and oxygen atoms in total. The molecule has 12 heteroatoms. The van der Waals surface area contributed by atoms with Crippen LogP contribution in [-0.4, -0.2) is 98.2 Å². The van der Waals surface area contributed by atoms with Crippen LogP contribution in [-0.2, 0) is 41.0 Å². The molecule has 0 aliphatic heterocycles. The number of benzene rings is 2. The summed E-state index contributed by atoms with van der Waals surface area (Å²) in [5.74, 6) is -0.660. The van der Waals surface area contributed by atoms with Crippen LogP contribution in [0.4, 0.5) is 0 Å². The lowest BCUT2D eigenvalue weighted by Gasteiger charge is -2.46. The Kier molecular flexibility index (Phi) is 16.2. The first-order chi connectivity index (χ1) is 24.4. The van der Waals surface area contributed by atoms with Crippen LogP contribution in [0.15, 0.2) is 48.5 Å². The van der Waals surface area contributed by atoms with Crippen LogP contribution in [0.5, 0.6) is 11.5 Å². The summed E-state index contributed by atoms with van der Waals surface area (Å²) in [6.45, 7) is 33.4. The molecule has 0 aliphatic carbocycles. The van der Waals surface area contributed by atoms with Crippen molar-refractivity contribution in [2.75, 3.05) is 26.3 Å². The minimum Gasteiger partial charge on any atom is -0.508 e. The molecule has 0 saturated carbocycles. The Bertz CT molecular complexity index is 1410. The van der Waals surface area contributed by atoms with Crippen LogP contribution < -0.4 is 0 Å². The zero-order valence-corrected chi connectivity index (χ0v) is 38.3. The van der Waals surface area contributed by atoms with Gasteiger partial charge in [0.1, 0.15) is 22.7 Å². The molecule has 2 aromatic carbocycles. The van der Waals surface area contributed by atoms with Crippen molar-refractivity contribution in [3.8, 4) is 11.5 Å². The number of nitrogens with zero attached hydrogens (tertiary/aromatic N) is 2. The molecule has 2 atom stereocenters. The van der Waals surface area contributed by atoms with Gasteiger partial charge >= 0.3 is 11.9 Å². The molecular weight excluding hydrogens is 717 g/mol. The maximum absolute atomic E-state index is 13.8. The number of ether oxygens (including phenoxy) is 2. The predicted octanol–water partition coefficient (Wildman–Crippen LogP) is 8.87. The SMILES string of the molecule is CC(C)(C)OC(=O)CN(Cc1ccccc1O)[C@@H](CO[Si](C)(C)C(C)(C)C)[C@H](CO[Si](C)(C)C(C)(C)C)N(CC(=O)OC(C)(C)C)Cc1ccccc1O. The minimum absolute atomic E-state index is 0.102. The van der Waals surface area contributed by atoms with Crippen molar-refractivity contribution >= 4 is 28.6 Å². The average Bonchev–Trinajstić information content (AvgIpc) is 2.97. The van der Waals surface area contributed by atoms with E-state index in [9.17, 15) is 19.8 Å². The van der Waals surface area contributed by atoms with Crippen LogP contribution in [0.25, 0.3) is 0 Å². The van der Waals surface area contributed by atoms with Crippen molar-refractivity contribution in [3.63, 3.8) is 0 Å². The van der Waals surface area contributed by atoms with Gasteiger partial charge in [0.2, 0.25) is 0 Å². The fourth-order valence-corrected chi connectivity index (χ4v) is 7.37. The van der Waals surface area contributed by atoms with Crippen LogP contribution in [0.1, 0.15) is 94.2 Å². The molecule has 0 heterocycles. The number of hydrogen-bond donors (Lipinski definition) is 2. The minimum atomic E-state index is -2.39. The summed E-state index contributed by atoms with van der Waals surface area (Å²) in [4.78, 5) is 31.6. The van der Waals surface area contributed by atoms with Gasteiger partial charge in [-0.25, -0.2) is 0 Å². The lowest BCUT2D eigenvalue weighted by atomic mass is 10.0. The van der Waals surface area contributed by atoms with E-state index in [-0.39, 0.29) is 61.0 Å². The zero-order chi connectivity index (χ0) is 41.5. The second-order valence-electron chi connectivity index (χ2n) is 19.5. The highest BCUT2D eigenvalue weighted by Gasteiger charge is 2.44. The lowest BCUT2D eigenvalue weighted by Crippen LogP contribution is -2.60. The Morgan fingerprint density at radius 1 is 0.574 bits per heavy atom. The molecule has 2 N–H and O–H groups in total. The van der Waals surface area contributed by atoms with Crippen molar-refractivity contribution < 1.29 is 38.1 Å². The number of carbonyl (C=O) groups excluding carboxylic acids is 2. The molecule has 54 heavy (non-hydrogen) atoms. The summed E-state index contributed by atoms with van der Waals surface area (Å²) in [7, 11) is -4.77. The molecule has 0 radical (unpaired) electrons. The fraction of sp³-hybridized carbons (Fsp3) is 0.667. The first kappa shape index (κ1) is 47.4. The van der Waals surface area contributed by atoms with Gasteiger partial charge in [-0.1, -0.05) is 77.9 Å². The quantitative estimate of drug-likeness (QED) is 0.119. The summed E-state index contributed by atoms with van der Waals surface area (Å²) in [5, 5.41) is 21.8. The third-order valence-electron chi connectivity index (χ3n) is 10.5. The van der Waals surface area contributed by atoms with Gasteiger partial charge < -0.3 is 28.5 Å². The fourth-order valence-electron chi connectivity index (χ4n) is 5.33. The number of hydrogen-bond acceptors (Lipinski definition) is 10. The molecule has 0 amide bonds. The first-order valence-corrected chi connectivity index (χ1v) is 25.0. The summed E-state index contributed by atoms with van der Waals surface area (Å²) in [6.07, 6.45) is 0. The zero-order valence-electron chi connectivity index (χ0n) is 36.3. The van der Waals surface area contributed by atoms with Crippen molar-refractivity contribution in [1.29, 1.82) is 0 Å². The monoisotopic (exact) mass is 788 g/mol. The highest BCUT2D eigenvalue weighted by atomic mass is 28.4. The molecule has 0 spiro atoms. The number of para-hydroxylation sites is 2. The standard InChI is InChI=1S/C42H72N2O8Si2/c1-39(2,3)51-37(47)27-43(25-31-21-17-19-23-35(31)45)33(29-49-53(13,14)41(7,8)9)34(30-50-54(15,16)42(10,11)12)44(28-38(48)52-40(4,5)6)26-32-22-18-20-24-36(32)46/h17-24,33-34,45-46H,25-30H2,1-16H3/t33-,34-/m0/s1. The molecule has 2 rings (SSSR count). The Morgan fingerprint density at radius 2 is 0.870 bits per heavy atom. The van der Waals surface area contributed by atoms with Crippen molar-refractivity contribution in [2.24, 2.45) is 0 Å². The van der Waals surface area contributed by atoms with Crippen molar-refractivity contribution in [3.05, 3.63) is 59.7 Å². The van der Waals surface area contributed by atoms with E-state index in [1.54, 1.807) is 24.3 Å². The van der Waals surface area contributed by atoms with Crippen molar-refractivity contribution in [1.82, 2.24) is 9.80 Å². The molecule has 0 unspecified atom stereocenters. The summed E-state index contributed by atoms with van der Waals surface area (Å²) in [5.41, 5.74) is -0.212. The van der Waals surface area contributed by atoms with Crippen LogP contribution in [0.2, 0.25) is 36.3 Å². The number of rotatable bonds is 17. The molecule has 0 saturated heterocycles. The Hall–Kier alpha value is -2.75. The van der Waals surface area contributed by atoms with Gasteiger partial charge in [0.05, 0.1) is 38.4 Å². The van der Waals surface area contributed by atoms with E-state index in [1.165, 1.54) is 0 Å². The Morgan fingerprint density at radius 3 is 1.13 bits per heavy atom. The van der Waals surface area contributed by atoms with E-state index in [0.717, 1.165) is 0 Å². The molecular formula is C42H72N2O8Si2. The highest BCUT2D eigenvalue weighted by molar-refractivity contribution is 6.74. The second-order valence-corrected chi connectivity index (χ2v) is 29.1. The third-order valence-corrected chi connectivity index (χ3v) is 19.5. The maximum atomic E-state index is 13.8. The largest absolute Gasteiger partial charge is 0.508 e. The normalized spacial score (nSPS) is 14.6. The number of phenolic OH excluding ortho intramolecular Hbond substituents is 2. The summed E-state index contributed by atoms with van der Waals surface area (Å²) in [6, 6.07) is 13.0. The summed E-state index contributed by atoms with van der Waals surface area (Å²) >= 11 is 0. The topological polar surface area (TPSA) is 118 Å². The van der Waals surface area contributed by atoms with E-state index in [0.29, 0.717) is 11.1 Å². The van der Waals surface area contributed by atoms with Gasteiger partial charge in [-0.3, -0.25) is 19.4 Å². The molecule has 0 fully saturated rings. The van der Waals surface area contributed by atoms with E-state index >= 15 is 0 Å². The number of esters is 2. The van der Waals surface area contributed by atoms with Crippen molar-refractivity contribution in [2.45, 2.75) is 156 Å². The second kappa shape index (κ2) is 18.5. The maximum Gasteiger partial charge on any atom is 0.320 e. The Labute approximate surface area is 328 Å². The molecule has 0 aromatic heterocycles. The van der Waals surface area contributed by atoms with E-state index in [4.69, 9.17) is 18.3 Å². The molecule has 2 aromatic rings. The van der Waals surface area contributed by atoms with Gasteiger partial charge in [0, 0.05) is 24.2 Å². The number of aromatic hydroxyl groups is 2. The van der Waals surface area contributed by atoms with E-state index in [2.05, 4.69) is 67.7 Å². The highest BCUT2D eigenvalue weighted by Crippen LogP contribution is 2.39. The molecule has 0 bridgehead atoms. The van der Waals surface area contributed by atoms with Gasteiger partial charge in [-0.15, -0.1) is 0 Å². The van der Waals surface area contributed by atoms with Gasteiger partial charge in [0.25, 0.3) is 0 Å². The Balaban J connectivity index is 2.96. The first-order valence-electron chi connectivity index (χ1n) is 19.2. The lowest BCUT2D eigenvalue weighted by molar-refractivity contribution is -0.161. The predicted molar refractivity (Wildman–Crippen MR) is 223 cm³/mol. The molecule has 0 aliphatic rings. The third kappa shape index (κ3) is 15.1. The molecule has 306 valence electrons. The van der Waals surface area contributed by atoms with Crippen LogP contribution in [0, 0.1) is 0 Å². The van der Waals surface area contributed by atoms with Crippen LogP contribution in [0.3, 0.4) is 0 Å². The average molecular weight is 789 g/mol. The summed E-state index contributed by atoms with van der Waals surface area (Å²) < 4.78 is 25.8. The van der Waals surface area contributed by atoms with Gasteiger partial charge in [-0.05, 0) is 89.9 Å². The smallest absolute Gasteiger partial charge is 0.320 e. The van der Waals surface area contributed by atoms with Gasteiger partial charge in [0.15, 0.2) is 16.6 Å². The van der Waals surface area contributed by atoms with E-state index < -0.39 is 51.9 Å². The number of phenols is 2. The number of carbonyl (C=O) groups is 2. The van der Waals surface area contributed by atoms with Crippen LogP contribution >= 0.6 is 0 Å².